The molecule has 2 heterocycles. The molecule has 1 atom stereocenters. The normalized spacial score (nSPS) is 17.4. The fourth-order valence-corrected chi connectivity index (χ4v) is 5.76. The third kappa shape index (κ3) is 5.92. The molecule has 3 aromatic rings. The third-order valence-corrected chi connectivity index (χ3v) is 13.0. The topological polar surface area (TPSA) is 77.7 Å². The number of halogens is 4. The van der Waals surface area contributed by atoms with E-state index in [1.54, 1.807) is 6.07 Å². The summed E-state index contributed by atoms with van der Waals surface area (Å²) in [4.78, 5) is 19.8. The summed E-state index contributed by atoms with van der Waals surface area (Å²) in [6.07, 6.45) is -2.66. The Balaban J connectivity index is 1.51. The van der Waals surface area contributed by atoms with E-state index in [0.717, 1.165) is 25.0 Å². The van der Waals surface area contributed by atoms with E-state index in [2.05, 4.69) is 38.8 Å². The fraction of sp³-hybridized carbons (Fsp3) is 0.467. The molecule has 41 heavy (non-hydrogen) atoms. The molecule has 0 saturated heterocycles. The van der Waals surface area contributed by atoms with Crippen molar-refractivity contribution < 1.29 is 31.5 Å². The highest BCUT2D eigenvalue weighted by atomic mass is 28.4. The van der Waals surface area contributed by atoms with Crippen molar-refractivity contribution in [1.29, 1.82) is 0 Å². The van der Waals surface area contributed by atoms with Crippen molar-refractivity contribution >= 4 is 30.9 Å². The molecule has 5 rings (SSSR count). The van der Waals surface area contributed by atoms with Crippen LogP contribution in [0.1, 0.15) is 66.7 Å². The highest BCUT2D eigenvalue weighted by Crippen LogP contribution is 2.43. The summed E-state index contributed by atoms with van der Waals surface area (Å²) in [7, 11) is -2.13. The third-order valence-electron chi connectivity index (χ3n) is 8.51. The van der Waals surface area contributed by atoms with Crippen molar-refractivity contribution in [3.8, 4) is 5.75 Å². The number of carbonyl (C=O) groups is 1. The molecule has 2 aromatic carbocycles. The smallest absolute Gasteiger partial charge is 0.416 e. The molecule has 1 unspecified atom stereocenters. The van der Waals surface area contributed by atoms with Gasteiger partial charge in [-0.3, -0.25) is 4.79 Å². The number of benzene rings is 2. The van der Waals surface area contributed by atoms with Gasteiger partial charge in [0.2, 0.25) is 0 Å². The Morgan fingerprint density at radius 3 is 2.49 bits per heavy atom. The van der Waals surface area contributed by atoms with Gasteiger partial charge in [0, 0.05) is 23.6 Å². The van der Waals surface area contributed by atoms with Gasteiger partial charge in [0.1, 0.15) is 24.0 Å². The van der Waals surface area contributed by atoms with Crippen molar-refractivity contribution in [2.45, 2.75) is 70.6 Å². The van der Waals surface area contributed by atoms with Crippen LogP contribution in [0.3, 0.4) is 0 Å². The number of anilines is 1. The van der Waals surface area contributed by atoms with E-state index in [1.165, 1.54) is 23.1 Å². The van der Waals surface area contributed by atoms with Crippen LogP contribution in [-0.4, -0.2) is 37.3 Å². The zero-order valence-corrected chi connectivity index (χ0v) is 24.9. The molecular formula is C30H35F4N3O3Si. The van der Waals surface area contributed by atoms with E-state index in [-0.39, 0.29) is 41.3 Å². The lowest BCUT2D eigenvalue weighted by molar-refractivity contribution is -0.137. The van der Waals surface area contributed by atoms with Crippen LogP contribution in [0.25, 0.3) is 10.9 Å². The molecule has 2 N–H and O–H groups in total. The first kappa shape index (κ1) is 29.3. The number of ether oxygens (including phenoxy) is 1. The van der Waals surface area contributed by atoms with E-state index in [4.69, 9.17) is 14.9 Å². The summed E-state index contributed by atoms with van der Waals surface area (Å²) in [5.74, 6) is -0.744. The quantitative estimate of drug-likeness (QED) is 0.228. The zero-order chi connectivity index (χ0) is 29.9. The van der Waals surface area contributed by atoms with E-state index in [1.807, 2.05) is 0 Å². The fourth-order valence-electron chi connectivity index (χ4n) is 4.81. The molecule has 1 fully saturated rings. The molecule has 6 nitrogen and oxygen atoms in total. The van der Waals surface area contributed by atoms with Crippen molar-refractivity contribution in [3.05, 3.63) is 64.5 Å². The predicted molar refractivity (Wildman–Crippen MR) is 152 cm³/mol. The molecule has 1 aliphatic heterocycles. The Labute approximate surface area is 238 Å². The Morgan fingerprint density at radius 2 is 1.85 bits per heavy atom. The molecule has 0 spiro atoms. The lowest BCUT2D eigenvalue weighted by Gasteiger charge is -2.36. The summed E-state index contributed by atoms with van der Waals surface area (Å²) in [6, 6.07) is 7.04. The first-order valence-electron chi connectivity index (χ1n) is 13.7. The van der Waals surface area contributed by atoms with Gasteiger partial charge >= 0.3 is 6.18 Å². The van der Waals surface area contributed by atoms with E-state index in [9.17, 15) is 18.0 Å². The Kier molecular flexibility index (Phi) is 7.34. The summed E-state index contributed by atoms with van der Waals surface area (Å²) in [6.45, 7) is 11.2. The lowest BCUT2D eigenvalue weighted by atomic mass is 10.0. The van der Waals surface area contributed by atoms with Gasteiger partial charge < -0.3 is 19.8 Å². The SMILES string of the molecule is CC(C)(C)[Si](C)(C)OCc1cc(N)nc2cc(F)c(C(=O)N(CC3CC3)C3COc4cc(C(F)(F)F)ccc43)cc12. The number of nitrogens with two attached hydrogens (primary N) is 1. The number of hydrogen-bond donors (Lipinski definition) is 1. The maximum atomic E-state index is 15.5. The minimum absolute atomic E-state index is 0.00596. The molecule has 1 amide bonds. The first-order valence-corrected chi connectivity index (χ1v) is 16.6. The van der Waals surface area contributed by atoms with Crippen molar-refractivity contribution in [2.75, 3.05) is 18.9 Å². The van der Waals surface area contributed by atoms with Crippen LogP contribution in [0.5, 0.6) is 5.75 Å². The van der Waals surface area contributed by atoms with Gasteiger partial charge in [-0.25, -0.2) is 9.37 Å². The molecule has 0 bridgehead atoms. The van der Waals surface area contributed by atoms with Crippen LogP contribution >= 0.6 is 0 Å². The number of alkyl halides is 3. The highest BCUT2D eigenvalue weighted by molar-refractivity contribution is 6.74. The van der Waals surface area contributed by atoms with Crippen LogP contribution in [0.15, 0.2) is 36.4 Å². The number of rotatable bonds is 7. The van der Waals surface area contributed by atoms with Gasteiger partial charge in [-0.1, -0.05) is 26.8 Å². The van der Waals surface area contributed by atoms with Gasteiger partial charge in [-0.15, -0.1) is 0 Å². The number of pyridine rings is 1. The second kappa shape index (κ2) is 10.3. The van der Waals surface area contributed by atoms with Gasteiger partial charge in [0.05, 0.1) is 29.3 Å². The predicted octanol–water partition coefficient (Wildman–Crippen LogP) is 7.48. The molecule has 1 aromatic heterocycles. The maximum absolute atomic E-state index is 15.5. The van der Waals surface area contributed by atoms with Crippen LogP contribution in [-0.2, 0) is 17.2 Å². The second-order valence-electron chi connectivity index (χ2n) is 12.6. The van der Waals surface area contributed by atoms with Gasteiger partial charge in [0.25, 0.3) is 5.91 Å². The number of nitrogen functional groups attached to an aromatic ring is 1. The molecular weight excluding hydrogens is 554 g/mol. The standard InChI is InChI=1S/C30H35F4N3O3Si/c1-29(2,3)41(4,5)40-15-18-10-27(35)36-24-13-23(31)22(12-21(18)24)28(38)37(14-17-6-7-17)25-16-39-26-11-19(30(32,33)34)8-9-20(25)26/h8-13,17,25H,6-7,14-16H2,1-5H3,(H2,35,36). The number of hydrogen-bond acceptors (Lipinski definition) is 5. The van der Waals surface area contributed by atoms with Crippen molar-refractivity contribution in [2.24, 2.45) is 5.92 Å². The average molecular weight is 590 g/mol. The van der Waals surface area contributed by atoms with Gasteiger partial charge in [0.15, 0.2) is 8.32 Å². The summed E-state index contributed by atoms with van der Waals surface area (Å²) < 4.78 is 67.4. The van der Waals surface area contributed by atoms with Crippen LogP contribution < -0.4 is 10.5 Å². The number of nitrogens with zero attached hydrogens (tertiary/aromatic N) is 2. The number of aromatic nitrogens is 1. The zero-order valence-electron chi connectivity index (χ0n) is 23.9. The molecule has 1 aliphatic carbocycles. The molecule has 1 saturated carbocycles. The van der Waals surface area contributed by atoms with Crippen LogP contribution in [0.4, 0.5) is 23.4 Å². The first-order chi connectivity index (χ1) is 19.0. The van der Waals surface area contributed by atoms with Gasteiger partial charge in [-0.2, -0.15) is 13.2 Å². The highest BCUT2D eigenvalue weighted by Gasteiger charge is 2.40. The Bertz CT molecular complexity index is 1500. The van der Waals surface area contributed by atoms with E-state index < -0.39 is 37.8 Å². The Morgan fingerprint density at radius 1 is 1.15 bits per heavy atom. The largest absolute Gasteiger partial charge is 0.491 e. The van der Waals surface area contributed by atoms with Crippen LogP contribution in [0.2, 0.25) is 18.1 Å². The number of amides is 1. The van der Waals surface area contributed by atoms with Gasteiger partial charge in [-0.05, 0) is 66.7 Å². The number of fused-ring (bicyclic) bond motifs is 2. The van der Waals surface area contributed by atoms with E-state index in [0.29, 0.717) is 28.6 Å². The molecule has 0 radical (unpaired) electrons. The molecule has 2 aliphatic rings. The van der Waals surface area contributed by atoms with Crippen molar-refractivity contribution in [1.82, 2.24) is 9.88 Å². The van der Waals surface area contributed by atoms with Crippen molar-refractivity contribution in [3.63, 3.8) is 0 Å². The maximum Gasteiger partial charge on any atom is 0.416 e. The summed E-state index contributed by atoms with van der Waals surface area (Å²) >= 11 is 0. The summed E-state index contributed by atoms with van der Waals surface area (Å²) in [5, 5.41) is 0.533. The molecule has 220 valence electrons. The monoisotopic (exact) mass is 589 g/mol. The second-order valence-corrected chi connectivity index (χ2v) is 17.4. The minimum atomic E-state index is -4.52. The summed E-state index contributed by atoms with van der Waals surface area (Å²) in [5.41, 5.74) is 6.57. The lowest BCUT2D eigenvalue weighted by Crippen LogP contribution is -2.40. The average Bonchev–Trinajstić information content (AvgIpc) is 3.60. The Hall–Kier alpha value is -3.18. The number of carbonyl (C=O) groups excluding carboxylic acids is 1. The van der Waals surface area contributed by atoms with Crippen LogP contribution in [0, 0.1) is 11.7 Å². The van der Waals surface area contributed by atoms with E-state index >= 15 is 4.39 Å². The minimum Gasteiger partial charge on any atom is -0.491 e. The molecule has 11 heteroatoms.